The standard InChI is InChI=1S/C53H84O12S12/c1-27-20-33-29(11-3-7-17-75(57,58)59)35-22-42(69-49(35)48(33)67-27)43-24-37-31(13-5-9-19-77(63,64)65)39-26-45(73-53(39)52(37)71-43)44-25-38-30(12-4-8-18-76(60,61)62)36-23-41(70-50(36)51(38)72-44)40-21-34-28(10-2-6-16-74(54,55)56)32-14-15-66-46(32)47(34)68-40/h27-53H,2-26H2,1H3,(H,54,55,56)(H,57,58,59)(H,60,61,62)(H,63,64,65). The van der Waals surface area contributed by atoms with E-state index in [4.69, 9.17) is 0 Å². The molecule has 24 heteroatoms. The van der Waals surface area contributed by atoms with Gasteiger partial charge < -0.3 is 0 Å². The van der Waals surface area contributed by atoms with Crippen LogP contribution in [0.3, 0.4) is 0 Å². The van der Waals surface area contributed by atoms with Crippen LogP contribution in [-0.4, -0.2) is 159 Å². The van der Waals surface area contributed by atoms with Crippen molar-refractivity contribution in [3.05, 3.63) is 0 Å². The summed E-state index contributed by atoms with van der Waals surface area (Å²) in [5.41, 5.74) is 0. The molecule has 0 bridgehead atoms. The predicted molar refractivity (Wildman–Crippen MR) is 328 cm³/mol. The van der Waals surface area contributed by atoms with E-state index in [1.165, 1.54) is 57.1 Å². The lowest BCUT2D eigenvalue weighted by atomic mass is 9.78. The van der Waals surface area contributed by atoms with Gasteiger partial charge in [-0.1, -0.05) is 32.6 Å². The summed E-state index contributed by atoms with van der Waals surface area (Å²) in [6.45, 7) is 2.38. The van der Waals surface area contributed by atoms with Gasteiger partial charge in [-0.05, 0) is 180 Å². The number of thioether (sulfide) groups is 8. The molecule has 0 amide bonds. The highest BCUT2D eigenvalue weighted by molar-refractivity contribution is 8.09. The first-order valence-corrected chi connectivity index (χ1v) is 43.6. The van der Waals surface area contributed by atoms with Crippen LogP contribution in [0.25, 0.3) is 0 Å². The second-order valence-corrected chi connectivity index (χ2v) is 43.8. The fraction of sp³-hybridized carbons (Fsp3) is 1.00. The fourth-order valence-electron chi connectivity index (χ4n) is 19.2. The van der Waals surface area contributed by atoms with Crippen molar-refractivity contribution < 1.29 is 51.9 Å². The van der Waals surface area contributed by atoms with Gasteiger partial charge in [0.1, 0.15) is 0 Å². The smallest absolute Gasteiger partial charge is 0.264 e. The lowest BCUT2D eigenvalue weighted by Gasteiger charge is -2.28. The van der Waals surface area contributed by atoms with Crippen molar-refractivity contribution in [3.8, 4) is 0 Å². The number of fused-ring (bicyclic) bond motifs is 12. The Morgan fingerprint density at radius 1 is 0.325 bits per heavy atom. The molecule has 27 atom stereocenters. The molecule has 8 aliphatic heterocycles. The van der Waals surface area contributed by atoms with Crippen LogP contribution in [-0.2, 0) is 40.5 Å². The number of hydrogen-bond donors (Lipinski definition) is 4. The van der Waals surface area contributed by atoms with Gasteiger partial charge in [0, 0.05) is 78.7 Å². The van der Waals surface area contributed by atoms with E-state index >= 15 is 0 Å². The number of unbranched alkanes of at least 4 members (excludes halogenated alkanes) is 4. The average Bonchev–Trinajstić information content (AvgIpc) is 4.17. The highest BCUT2D eigenvalue weighted by atomic mass is 32.2. The highest BCUT2D eigenvalue weighted by Gasteiger charge is 2.66. The average molecular weight is 1300 g/mol. The summed E-state index contributed by atoms with van der Waals surface area (Å²) < 4.78 is 132. The molecule has 0 spiro atoms. The van der Waals surface area contributed by atoms with E-state index in [0.717, 1.165) is 57.3 Å². The molecular weight excluding hydrogens is 1210 g/mol. The van der Waals surface area contributed by atoms with Crippen LogP contribution in [0.4, 0.5) is 0 Å². The minimum absolute atomic E-state index is 0.144. The number of rotatable bonds is 23. The molecule has 0 aromatic carbocycles. The Bertz CT molecular complexity index is 2580. The lowest BCUT2D eigenvalue weighted by molar-refractivity contribution is 0.254. The summed E-state index contributed by atoms with van der Waals surface area (Å²) in [7, 11) is -15.9. The summed E-state index contributed by atoms with van der Waals surface area (Å²) in [5, 5.41) is 9.41. The minimum atomic E-state index is -4.01. The maximum absolute atomic E-state index is 11.9. The Balaban J connectivity index is 0.718. The van der Waals surface area contributed by atoms with Gasteiger partial charge in [-0.15, -0.1) is 0 Å². The van der Waals surface area contributed by atoms with Gasteiger partial charge in [-0.2, -0.15) is 128 Å². The zero-order valence-electron chi connectivity index (χ0n) is 44.2. The molecule has 12 rings (SSSR count). The van der Waals surface area contributed by atoms with E-state index in [2.05, 4.69) is 101 Å². The molecule has 0 aromatic rings. The quantitative estimate of drug-likeness (QED) is 0.0552. The lowest BCUT2D eigenvalue weighted by Crippen LogP contribution is -2.26. The van der Waals surface area contributed by atoms with E-state index in [1.54, 1.807) is 0 Å². The van der Waals surface area contributed by atoms with Crippen molar-refractivity contribution >= 4 is 135 Å². The third-order valence-electron chi connectivity index (χ3n) is 21.8. The SMILES string of the molecule is CC1CC2C(CCCCS(=O)(=O)O)C3CC(C4CC5C(CCCCS(=O)(=O)O)C6CC(C7CC8C(CCCCS(=O)(=O)O)C9CC(C%10CC%11C(CCCCS(=O)(=O)O)C%12CCSC%12C%11S%10)SC9C8S7)SC6C5S4)SC3C2S1. The van der Waals surface area contributed by atoms with Crippen LogP contribution < -0.4 is 0 Å². The molecule has 4 aliphatic carbocycles. The first-order valence-electron chi connectivity index (χ1n) is 29.5. The van der Waals surface area contributed by atoms with Crippen LogP contribution in [0.15, 0.2) is 0 Å². The van der Waals surface area contributed by atoms with Crippen LogP contribution in [0.2, 0.25) is 0 Å². The van der Waals surface area contributed by atoms with Gasteiger partial charge in [0.05, 0.1) is 23.0 Å². The molecule has 8 saturated heterocycles. The summed E-state index contributed by atoms with van der Waals surface area (Å²) in [6.07, 6.45) is 19.6. The molecule has 440 valence electrons. The van der Waals surface area contributed by atoms with Crippen LogP contribution in [0.1, 0.15) is 135 Å². The van der Waals surface area contributed by atoms with Crippen molar-refractivity contribution in [1.82, 2.24) is 0 Å². The Hall–Kier alpha value is 2.44. The topological polar surface area (TPSA) is 217 Å². The summed E-state index contributed by atoms with van der Waals surface area (Å²) in [5.74, 6) is 8.29. The van der Waals surface area contributed by atoms with E-state index in [-0.39, 0.29) is 23.0 Å². The van der Waals surface area contributed by atoms with E-state index in [1.807, 2.05) is 0 Å². The van der Waals surface area contributed by atoms with Crippen LogP contribution in [0.5, 0.6) is 0 Å². The Morgan fingerprint density at radius 3 is 0.857 bits per heavy atom. The van der Waals surface area contributed by atoms with Gasteiger partial charge >= 0.3 is 0 Å². The van der Waals surface area contributed by atoms with Crippen molar-refractivity contribution in [2.45, 2.75) is 214 Å². The second-order valence-electron chi connectivity index (χ2n) is 26.1. The highest BCUT2D eigenvalue weighted by Crippen LogP contribution is 2.72. The van der Waals surface area contributed by atoms with Crippen molar-refractivity contribution in [1.29, 1.82) is 0 Å². The van der Waals surface area contributed by atoms with E-state index < -0.39 is 40.5 Å². The van der Waals surface area contributed by atoms with Crippen molar-refractivity contribution in [3.63, 3.8) is 0 Å². The normalized spacial score (nSPS) is 48.6. The van der Waals surface area contributed by atoms with Gasteiger partial charge in [0.15, 0.2) is 0 Å². The molecule has 77 heavy (non-hydrogen) atoms. The minimum Gasteiger partial charge on any atom is -0.286 e. The molecule has 12 aliphatic rings. The van der Waals surface area contributed by atoms with Gasteiger partial charge in [0.25, 0.3) is 40.5 Å². The van der Waals surface area contributed by atoms with Crippen molar-refractivity contribution in [2.75, 3.05) is 28.8 Å². The number of hydrogen-bond acceptors (Lipinski definition) is 16. The maximum Gasteiger partial charge on any atom is 0.264 e. The second kappa shape index (κ2) is 23.8. The Kier molecular flexibility index (Phi) is 18.5. The molecule has 27 unspecified atom stereocenters. The van der Waals surface area contributed by atoms with E-state index in [9.17, 15) is 51.9 Å². The largest absolute Gasteiger partial charge is 0.286 e. The van der Waals surface area contributed by atoms with Crippen LogP contribution >= 0.6 is 94.1 Å². The van der Waals surface area contributed by atoms with Gasteiger partial charge in [0.2, 0.25) is 0 Å². The summed E-state index contributed by atoms with van der Waals surface area (Å²) in [4.78, 5) is 0. The maximum atomic E-state index is 11.9. The molecule has 12 fully saturated rings. The zero-order chi connectivity index (χ0) is 53.9. The molecule has 4 N–H and O–H groups in total. The van der Waals surface area contributed by atoms with Crippen LogP contribution in [0, 0.1) is 71.0 Å². The first-order chi connectivity index (χ1) is 36.5. The zero-order valence-corrected chi connectivity index (χ0v) is 54.0. The molecular formula is C53H84O12S12. The summed E-state index contributed by atoms with van der Waals surface area (Å²) in [6, 6.07) is 0. The molecule has 12 nitrogen and oxygen atoms in total. The molecule has 0 radical (unpaired) electrons. The predicted octanol–water partition coefficient (Wildman–Crippen LogP) is 11.3. The van der Waals surface area contributed by atoms with Gasteiger partial charge in [-0.3, -0.25) is 18.2 Å². The third-order valence-corrected chi connectivity index (χ3v) is 40.4. The van der Waals surface area contributed by atoms with Gasteiger partial charge in [-0.25, -0.2) is 0 Å². The Morgan fingerprint density at radius 2 is 0.571 bits per heavy atom. The molecule has 4 saturated carbocycles. The van der Waals surface area contributed by atoms with E-state index in [0.29, 0.717) is 170 Å². The Labute approximate surface area is 495 Å². The van der Waals surface area contributed by atoms with Crippen molar-refractivity contribution in [2.24, 2.45) is 71.0 Å². The summed E-state index contributed by atoms with van der Waals surface area (Å²) >= 11 is 18.3. The molecule has 0 aromatic heterocycles. The first kappa shape index (κ1) is 59.8. The third kappa shape index (κ3) is 12.9. The molecule has 8 heterocycles. The fourth-order valence-corrected chi connectivity index (χ4v) is 39.0. The monoisotopic (exact) mass is 1300 g/mol.